The zero-order chi connectivity index (χ0) is 26.4. The highest BCUT2D eigenvalue weighted by molar-refractivity contribution is 7.98. The molecule has 196 valence electrons. The standard InChI is InChI=1S/C22H40N4O7S/c1-6-13(4)18(23)21(31)25-15(9-10-34-5)20(30)24-14(7-8-17(27)28)19(29)26-16(22(32)33)11-12(2)3/h12-16,18H,6-11,23H2,1-5H3,(H,24,30)(H,25,31)(H,26,29)(H,27,28)(H,32,33). The van der Waals surface area contributed by atoms with Gasteiger partial charge >= 0.3 is 11.9 Å². The van der Waals surface area contributed by atoms with Crippen LogP contribution in [0, 0.1) is 11.8 Å². The van der Waals surface area contributed by atoms with Gasteiger partial charge in [-0.05, 0) is 43.1 Å². The zero-order valence-corrected chi connectivity index (χ0v) is 21.4. The van der Waals surface area contributed by atoms with Crippen LogP contribution in [-0.4, -0.2) is 76.0 Å². The molecular weight excluding hydrogens is 464 g/mol. The summed E-state index contributed by atoms with van der Waals surface area (Å²) in [5.74, 6) is -3.94. The van der Waals surface area contributed by atoms with Crippen molar-refractivity contribution < 1.29 is 34.2 Å². The summed E-state index contributed by atoms with van der Waals surface area (Å²) >= 11 is 1.47. The summed E-state index contributed by atoms with van der Waals surface area (Å²) in [6.07, 6.45) is 2.29. The second-order valence-corrected chi connectivity index (χ2v) is 9.76. The van der Waals surface area contributed by atoms with Crippen LogP contribution in [0.15, 0.2) is 0 Å². The lowest BCUT2D eigenvalue weighted by atomic mass is 9.99. The molecular formula is C22H40N4O7S. The molecule has 0 spiro atoms. The minimum Gasteiger partial charge on any atom is -0.481 e. The predicted molar refractivity (Wildman–Crippen MR) is 130 cm³/mol. The molecule has 0 aliphatic rings. The molecule has 0 rings (SSSR count). The van der Waals surface area contributed by atoms with Crippen molar-refractivity contribution in [3.63, 3.8) is 0 Å². The molecule has 0 aromatic carbocycles. The molecule has 5 atom stereocenters. The SMILES string of the molecule is CCC(C)C(N)C(=O)NC(CCSC)C(=O)NC(CCC(=O)O)C(=O)NC(CC(C)C)C(=O)O. The van der Waals surface area contributed by atoms with E-state index in [4.69, 9.17) is 10.8 Å². The van der Waals surface area contributed by atoms with E-state index < -0.39 is 60.2 Å². The van der Waals surface area contributed by atoms with Gasteiger partial charge in [0.15, 0.2) is 0 Å². The van der Waals surface area contributed by atoms with Gasteiger partial charge in [0.2, 0.25) is 17.7 Å². The smallest absolute Gasteiger partial charge is 0.326 e. The summed E-state index contributed by atoms with van der Waals surface area (Å²) in [7, 11) is 0. The highest BCUT2D eigenvalue weighted by atomic mass is 32.2. The van der Waals surface area contributed by atoms with E-state index in [0.717, 1.165) is 0 Å². The monoisotopic (exact) mass is 504 g/mol. The molecule has 0 fully saturated rings. The van der Waals surface area contributed by atoms with Crippen molar-refractivity contribution >= 4 is 41.4 Å². The molecule has 0 heterocycles. The molecule has 11 nitrogen and oxygen atoms in total. The molecule has 3 amide bonds. The van der Waals surface area contributed by atoms with Crippen molar-refractivity contribution in [2.75, 3.05) is 12.0 Å². The van der Waals surface area contributed by atoms with Crippen molar-refractivity contribution in [1.82, 2.24) is 16.0 Å². The maximum atomic E-state index is 13.0. The van der Waals surface area contributed by atoms with E-state index in [1.807, 2.05) is 20.1 Å². The Labute approximate surface area is 205 Å². The number of aliphatic carboxylic acids is 2. The Bertz CT molecular complexity index is 705. The summed E-state index contributed by atoms with van der Waals surface area (Å²) in [6.45, 7) is 7.32. The van der Waals surface area contributed by atoms with Gasteiger partial charge in [0, 0.05) is 6.42 Å². The molecule has 0 aliphatic carbocycles. The van der Waals surface area contributed by atoms with Gasteiger partial charge in [0.05, 0.1) is 6.04 Å². The first-order valence-corrected chi connectivity index (χ1v) is 12.8. The fourth-order valence-electron chi connectivity index (χ4n) is 3.06. The lowest BCUT2D eigenvalue weighted by Gasteiger charge is -2.26. The fourth-order valence-corrected chi connectivity index (χ4v) is 3.53. The Morgan fingerprint density at radius 2 is 1.35 bits per heavy atom. The van der Waals surface area contributed by atoms with E-state index in [-0.39, 0.29) is 31.1 Å². The molecule has 0 aliphatic heterocycles. The van der Waals surface area contributed by atoms with Crippen LogP contribution in [0.4, 0.5) is 0 Å². The normalized spacial score (nSPS) is 15.5. The highest BCUT2D eigenvalue weighted by Crippen LogP contribution is 2.10. The summed E-state index contributed by atoms with van der Waals surface area (Å²) in [4.78, 5) is 60.9. The Hall–Kier alpha value is -2.34. The van der Waals surface area contributed by atoms with Crippen molar-refractivity contribution in [2.45, 2.75) is 84.0 Å². The molecule has 0 bridgehead atoms. The first-order valence-electron chi connectivity index (χ1n) is 11.4. The number of carbonyl (C=O) groups excluding carboxylic acids is 3. The highest BCUT2D eigenvalue weighted by Gasteiger charge is 2.31. The molecule has 0 saturated carbocycles. The van der Waals surface area contributed by atoms with E-state index in [9.17, 15) is 29.1 Å². The Balaban J connectivity index is 5.57. The number of nitrogens with two attached hydrogens (primary N) is 1. The maximum absolute atomic E-state index is 13.0. The lowest BCUT2D eigenvalue weighted by Crippen LogP contribution is -2.57. The summed E-state index contributed by atoms with van der Waals surface area (Å²) in [5.41, 5.74) is 5.97. The zero-order valence-electron chi connectivity index (χ0n) is 20.6. The first-order chi connectivity index (χ1) is 15.8. The van der Waals surface area contributed by atoms with E-state index in [2.05, 4.69) is 16.0 Å². The second kappa shape index (κ2) is 16.3. The summed E-state index contributed by atoms with van der Waals surface area (Å²) < 4.78 is 0. The maximum Gasteiger partial charge on any atom is 0.326 e. The largest absolute Gasteiger partial charge is 0.481 e. The Kier molecular flexibility index (Phi) is 15.2. The van der Waals surface area contributed by atoms with Gasteiger partial charge in [-0.3, -0.25) is 19.2 Å². The molecule has 0 aromatic rings. The number of rotatable bonds is 17. The van der Waals surface area contributed by atoms with Crippen LogP contribution in [0.1, 0.15) is 59.8 Å². The first kappa shape index (κ1) is 31.7. The van der Waals surface area contributed by atoms with Crippen LogP contribution in [0.2, 0.25) is 0 Å². The number of carbonyl (C=O) groups is 5. The number of carboxylic acids is 2. The van der Waals surface area contributed by atoms with Crippen molar-refractivity contribution in [3.8, 4) is 0 Å². The number of thioether (sulfide) groups is 1. The van der Waals surface area contributed by atoms with E-state index >= 15 is 0 Å². The molecule has 5 unspecified atom stereocenters. The quantitative estimate of drug-likeness (QED) is 0.164. The minimum absolute atomic E-state index is 0.0191. The third-order valence-electron chi connectivity index (χ3n) is 5.40. The number of carboxylic acid groups (broad SMARTS) is 2. The third-order valence-corrected chi connectivity index (χ3v) is 6.05. The number of amides is 3. The lowest BCUT2D eigenvalue weighted by molar-refractivity contribution is -0.143. The molecule has 0 radical (unpaired) electrons. The summed E-state index contributed by atoms with van der Waals surface area (Å²) in [5, 5.41) is 25.9. The van der Waals surface area contributed by atoms with Gasteiger partial charge < -0.3 is 31.9 Å². The molecule has 12 heteroatoms. The minimum atomic E-state index is -1.28. The fraction of sp³-hybridized carbons (Fsp3) is 0.773. The summed E-state index contributed by atoms with van der Waals surface area (Å²) in [6, 6.07) is -4.26. The van der Waals surface area contributed by atoms with Gasteiger partial charge in [-0.2, -0.15) is 11.8 Å². The molecule has 34 heavy (non-hydrogen) atoms. The molecule has 0 aromatic heterocycles. The van der Waals surface area contributed by atoms with Crippen LogP contribution in [0.5, 0.6) is 0 Å². The van der Waals surface area contributed by atoms with Gasteiger partial charge in [-0.25, -0.2) is 4.79 Å². The number of hydrogen-bond donors (Lipinski definition) is 6. The van der Waals surface area contributed by atoms with E-state index in [1.54, 1.807) is 13.8 Å². The van der Waals surface area contributed by atoms with Gasteiger partial charge in [-0.1, -0.05) is 34.1 Å². The van der Waals surface area contributed by atoms with Crippen LogP contribution in [0.25, 0.3) is 0 Å². The topological polar surface area (TPSA) is 188 Å². The molecule has 0 saturated heterocycles. The van der Waals surface area contributed by atoms with Crippen LogP contribution < -0.4 is 21.7 Å². The van der Waals surface area contributed by atoms with E-state index in [0.29, 0.717) is 12.2 Å². The Morgan fingerprint density at radius 3 is 1.79 bits per heavy atom. The van der Waals surface area contributed by atoms with Crippen LogP contribution >= 0.6 is 11.8 Å². The van der Waals surface area contributed by atoms with Crippen molar-refractivity contribution in [3.05, 3.63) is 0 Å². The van der Waals surface area contributed by atoms with Crippen LogP contribution in [-0.2, 0) is 24.0 Å². The number of nitrogens with one attached hydrogen (secondary N) is 3. The Morgan fingerprint density at radius 1 is 0.853 bits per heavy atom. The van der Waals surface area contributed by atoms with E-state index in [1.165, 1.54) is 11.8 Å². The van der Waals surface area contributed by atoms with Gasteiger partial charge in [0.1, 0.15) is 18.1 Å². The number of hydrogen-bond acceptors (Lipinski definition) is 7. The van der Waals surface area contributed by atoms with Crippen LogP contribution in [0.3, 0.4) is 0 Å². The van der Waals surface area contributed by atoms with Gasteiger partial charge in [-0.15, -0.1) is 0 Å². The predicted octanol–water partition coefficient (Wildman–Crippen LogP) is 0.563. The van der Waals surface area contributed by atoms with Gasteiger partial charge in [0.25, 0.3) is 0 Å². The van der Waals surface area contributed by atoms with Crippen molar-refractivity contribution in [2.24, 2.45) is 17.6 Å². The second-order valence-electron chi connectivity index (χ2n) is 8.78. The molecule has 7 N–H and O–H groups in total. The van der Waals surface area contributed by atoms with Crippen molar-refractivity contribution in [1.29, 1.82) is 0 Å². The third kappa shape index (κ3) is 12.2. The average Bonchev–Trinajstić information content (AvgIpc) is 2.76. The average molecular weight is 505 g/mol.